The molecule has 0 aliphatic carbocycles. The summed E-state index contributed by atoms with van der Waals surface area (Å²) < 4.78 is 5.63. The molecule has 5 atom stereocenters. The molecule has 8 nitrogen and oxygen atoms in total. The van der Waals surface area contributed by atoms with Crippen molar-refractivity contribution in [3.8, 4) is 5.75 Å². The summed E-state index contributed by atoms with van der Waals surface area (Å²) >= 11 is 0. The van der Waals surface area contributed by atoms with E-state index < -0.39 is 37.1 Å². The van der Waals surface area contributed by atoms with Gasteiger partial charge in [-0.25, -0.2) is 0 Å². The van der Waals surface area contributed by atoms with Gasteiger partial charge in [0, 0.05) is 20.0 Å². The van der Waals surface area contributed by atoms with Crippen LogP contribution in [0.5, 0.6) is 5.75 Å². The molecule has 8 heteroatoms. The van der Waals surface area contributed by atoms with Crippen LogP contribution in [0.1, 0.15) is 28.4 Å². The fourth-order valence-corrected chi connectivity index (χ4v) is 3.33. The zero-order valence-electron chi connectivity index (χ0n) is 18.4. The van der Waals surface area contributed by atoms with Crippen molar-refractivity contribution in [1.29, 1.82) is 0 Å². The van der Waals surface area contributed by atoms with Crippen LogP contribution in [0.4, 0.5) is 0 Å². The summed E-state index contributed by atoms with van der Waals surface area (Å²) in [6.07, 6.45) is -3.62. The van der Waals surface area contributed by atoms with Crippen molar-refractivity contribution in [3.05, 3.63) is 77.5 Å². The largest absolute Gasteiger partial charge is 0.508 e. The first-order valence-electron chi connectivity index (χ1n) is 10.2. The van der Waals surface area contributed by atoms with E-state index in [4.69, 9.17) is 4.74 Å². The molecular formula is C24H32N2O6. The first kappa shape index (κ1) is 25.5. The van der Waals surface area contributed by atoms with Crippen LogP contribution >= 0.6 is 0 Å². The number of aliphatic hydroxyl groups is 4. The second kappa shape index (κ2) is 11.8. The Hall–Kier alpha value is -2.75. The van der Waals surface area contributed by atoms with E-state index in [1.165, 1.54) is 5.01 Å². The maximum Gasteiger partial charge on any atom is 0.115 e. The summed E-state index contributed by atoms with van der Waals surface area (Å²) in [5.41, 5.74) is 3.77. The minimum atomic E-state index is -1.40. The SMILES string of the molecule is C=CN(C)N=C.Cc1ccc([C@@H]2O[C@H](CO)[C@@H](O)[C@H](O)[C@H]2O)cc1Cc1ccc(O)cc1. The van der Waals surface area contributed by atoms with Crippen LogP contribution in [0.3, 0.4) is 0 Å². The molecule has 0 radical (unpaired) electrons. The van der Waals surface area contributed by atoms with E-state index in [0.29, 0.717) is 12.0 Å². The average Bonchev–Trinajstić information content (AvgIpc) is 2.80. The van der Waals surface area contributed by atoms with E-state index in [-0.39, 0.29) is 5.75 Å². The monoisotopic (exact) mass is 444 g/mol. The van der Waals surface area contributed by atoms with Gasteiger partial charge in [0.1, 0.15) is 36.3 Å². The predicted molar refractivity (Wildman–Crippen MR) is 122 cm³/mol. The summed E-state index contributed by atoms with van der Waals surface area (Å²) in [5.74, 6) is 0.209. The number of phenolic OH excluding ortho intramolecular Hbond substituents is 1. The first-order valence-corrected chi connectivity index (χ1v) is 10.2. The zero-order chi connectivity index (χ0) is 23.8. The highest BCUT2D eigenvalue weighted by atomic mass is 16.5. The van der Waals surface area contributed by atoms with Gasteiger partial charge in [-0.15, -0.1) is 0 Å². The molecule has 2 aromatic carbocycles. The van der Waals surface area contributed by atoms with Gasteiger partial charge in [0.2, 0.25) is 0 Å². The lowest BCUT2D eigenvalue weighted by atomic mass is 9.89. The third-order valence-electron chi connectivity index (χ3n) is 5.41. The Balaban J connectivity index is 0.000000534. The Kier molecular flexibility index (Phi) is 9.37. The Labute approximate surface area is 188 Å². The predicted octanol–water partition coefficient (Wildman–Crippen LogP) is 1.48. The lowest BCUT2D eigenvalue weighted by Crippen LogP contribution is -2.55. The van der Waals surface area contributed by atoms with Crippen LogP contribution in [0.2, 0.25) is 0 Å². The number of hydrogen-bond donors (Lipinski definition) is 5. The molecule has 174 valence electrons. The van der Waals surface area contributed by atoms with Gasteiger partial charge in [-0.3, -0.25) is 5.01 Å². The van der Waals surface area contributed by atoms with Gasteiger partial charge in [-0.05, 0) is 47.7 Å². The minimum absolute atomic E-state index is 0.209. The third-order valence-corrected chi connectivity index (χ3v) is 5.41. The van der Waals surface area contributed by atoms with E-state index in [0.717, 1.165) is 16.7 Å². The minimum Gasteiger partial charge on any atom is -0.508 e. The Bertz CT molecular complexity index is 879. The number of aryl methyl sites for hydroxylation is 1. The summed E-state index contributed by atoms with van der Waals surface area (Å²) in [5, 5.41) is 54.0. The summed E-state index contributed by atoms with van der Waals surface area (Å²) in [7, 11) is 1.76. The summed E-state index contributed by atoms with van der Waals surface area (Å²) in [6.45, 7) is 8.19. The van der Waals surface area contributed by atoms with Gasteiger partial charge in [0.25, 0.3) is 0 Å². The van der Waals surface area contributed by atoms with Crippen molar-refractivity contribution >= 4 is 6.72 Å². The second-order valence-electron chi connectivity index (χ2n) is 7.68. The van der Waals surface area contributed by atoms with E-state index in [9.17, 15) is 25.5 Å². The highest BCUT2D eigenvalue weighted by molar-refractivity contribution is 5.38. The molecule has 0 aromatic heterocycles. The quantitative estimate of drug-likeness (QED) is 0.338. The number of hydrogen-bond acceptors (Lipinski definition) is 8. The fourth-order valence-electron chi connectivity index (χ4n) is 3.33. The van der Waals surface area contributed by atoms with Crippen molar-refractivity contribution in [2.24, 2.45) is 5.10 Å². The number of nitrogens with zero attached hydrogens (tertiary/aromatic N) is 2. The molecule has 1 heterocycles. The highest BCUT2D eigenvalue weighted by Crippen LogP contribution is 2.33. The molecule has 5 N–H and O–H groups in total. The standard InChI is InChI=1S/C20H24O6.C4H8N2/c1-11-2-5-13(9-14(11)8-12-3-6-15(22)7-4-12)20-19(25)18(24)17(23)16(10-21)26-20;1-4-6(3)5-2/h2-7,9,16-25H,8,10H2,1H3;4H,1-2H2,3H3/t16-,17-,18+,19-,20+;/m1./s1. The van der Waals surface area contributed by atoms with E-state index in [2.05, 4.69) is 18.4 Å². The van der Waals surface area contributed by atoms with Crippen molar-refractivity contribution in [2.75, 3.05) is 13.7 Å². The maximum absolute atomic E-state index is 10.3. The highest BCUT2D eigenvalue weighted by Gasteiger charge is 2.43. The maximum atomic E-state index is 10.3. The van der Waals surface area contributed by atoms with Crippen molar-refractivity contribution in [1.82, 2.24) is 5.01 Å². The zero-order valence-corrected chi connectivity index (χ0v) is 18.4. The molecule has 0 spiro atoms. The number of aromatic hydroxyl groups is 1. The summed E-state index contributed by atoms with van der Waals surface area (Å²) in [4.78, 5) is 0. The van der Waals surface area contributed by atoms with Gasteiger partial charge < -0.3 is 30.3 Å². The smallest absolute Gasteiger partial charge is 0.115 e. The van der Waals surface area contributed by atoms with Crippen molar-refractivity contribution in [2.45, 2.75) is 43.9 Å². The second-order valence-corrected chi connectivity index (χ2v) is 7.68. The molecular weight excluding hydrogens is 412 g/mol. The van der Waals surface area contributed by atoms with E-state index in [1.807, 2.05) is 37.3 Å². The molecule has 2 aromatic rings. The van der Waals surface area contributed by atoms with E-state index in [1.54, 1.807) is 25.4 Å². The molecule has 0 unspecified atom stereocenters. The fraction of sp³-hybridized carbons (Fsp3) is 0.375. The lowest BCUT2D eigenvalue weighted by molar-refractivity contribution is -0.231. The normalized spacial score (nSPS) is 24.8. The molecule has 0 bridgehead atoms. The number of rotatable bonds is 6. The summed E-state index contributed by atoms with van der Waals surface area (Å²) in [6, 6.07) is 12.6. The Morgan fingerprint density at radius 1 is 1.06 bits per heavy atom. The Morgan fingerprint density at radius 2 is 1.72 bits per heavy atom. The third kappa shape index (κ3) is 6.38. The van der Waals surface area contributed by atoms with E-state index >= 15 is 0 Å². The number of hydrazone groups is 1. The van der Waals surface area contributed by atoms with Crippen LogP contribution in [-0.4, -0.2) is 75.3 Å². The van der Waals surface area contributed by atoms with Gasteiger partial charge in [0.15, 0.2) is 0 Å². The molecule has 3 rings (SSSR count). The number of phenols is 1. The molecule has 32 heavy (non-hydrogen) atoms. The molecule has 0 saturated carbocycles. The molecule has 1 aliphatic rings. The van der Waals surface area contributed by atoms with Gasteiger partial charge in [-0.1, -0.05) is 36.9 Å². The van der Waals surface area contributed by atoms with Crippen LogP contribution in [0, 0.1) is 6.92 Å². The first-order chi connectivity index (χ1) is 15.2. The molecule has 0 amide bonds. The van der Waals surface area contributed by atoms with Crippen LogP contribution in [0.15, 0.2) is 60.3 Å². The number of benzene rings is 2. The van der Waals surface area contributed by atoms with Gasteiger partial charge in [-0.2, -0.15) is 5.10 Å². The molecule has 1 saturated heterocycles. The number of ether oxygens (including phenoxy) is 1. The van der Waals surface area contributed by atoms with Crippen LogP contribution in [0.25, 0.3) is 0 Å². The average molecular weight is 445 g/mol. The topological polar surface area (TPSA) is 126 Å². The van der Waals surface area contributed by atoms with Crippen LogP contribution < -0.4 is 0 Å². The van der Waals surface area contributed by atoms with Gasteiger partial charge >= 0.3 is 0 Å². The number of aliphatic hydroxyl groups excluding tert-OH is 4. The lowest BCUT2D eigenvalue weighted by Gasteiger charge is -2.40. The van der Waals surface area contributed by atoms with Crippen LogP contribution in [-0.2, 0) is 11.2 Å². The van der Waals surface area contributed by atoms with Gasteiger partial charge in [0.05, 0.1) is 6.61 Å². The van der Waals surface area contributed by atoms with Crippen molar-refractivity contribution in [3.63, 3.8) is 0 Å². The molecule has 1 fully saturated rings. The molecule has 1 aliphatic heterocycles. The Morgan fingerprint density at radius 3 is 2.25 bits per heavy atom. The van der Waals surface area contributed by atoms with Crippen molar-refractivity contribution < 1.29 is 30.3 Å².